The summed E-state index contributed by atoms with van der Waals surface area (Å²) >= 11 is 0. The van der Waals surface area contributed by atoms with Gasteiger partial charge in [-0.1, -0.05) is 38.3 Å². The molecule has 0 radical (unpaired) electrons. The molecule has 0 spiro atoms. The topological polar surface area (TPSA) is 24.7 Å². The fraction of sp³-hybridized carbons (Fsp3) is 0.407. The molecule has 2 nitrogen and oxygen atoms in total. The predicted octanol–water partition coefficient (Wildman–Crippen LogP) is 7.76. The lowest BCUT2D eigenvalue weighted by atomic mass is 10.1. The Hall–Kier alpha value is -2.66. The lowest BCUT2D eigenvalue weighted by Crippen LogP contribution is -2.12. The highest BCUT2D eigenvalue weighted by molar-refractivity contribution is 6.49. The van der Waals surface area contributed by atoms with E-state index in [1.807, 2.05) is 0 Å². The third kappa shape index (κ3) is 7.70. The van der Waals surface area contributed by atoms with Gasteiger partial charge < -0.3 is 0 Å². The molecule has 0 aliphatic carbocycles. The maximum absolute atomic E-state index is 5.02. The minimum Gasteiger partial charge on any atom is -0.250 e. The van der Waals surface area contributed by atoms with Crippen LogP contribution in [-0.2, 0) is 0 Å². The van der Waals surface area contributed by atoms with Crippen LogP contribution < -0.4 is 0 Å². The molecule has 2 aromatic rings. The Bertz CT molecular complexity index is 912. The number of nitrogens with zero attached hydrogens (tertiary/aromatic N) is 2. The molecule has 0 aromatic heterocycles. The summed E-state index contributed by atoms with van der Waals surface area (Å²) in [5.41, 5.74) is 8.60. The molecule has 0 atom stereocenters. The van der Waals surface area contributed by atoms with Gasteiger partial charge in [0.25, 0.3) is 0 Å². The molecule has 29 heavy (non-hydrogen) atoms. The van der Waals surface area contributed by atoms with Crippen molar-refractivity contribution >= 4 is 22.8 Å². The van der Waals surface area contributed by atoms with E-state index in [4.69, 9.17) is 9.98 Å². The van der Waals surface area contributed by atoms with Crippen molar-refractivity contribution in [1.82, 2.24) is 0 Å². The predicted molar refractivity (Wildman–Crippen MR) is 128 cm³/mol. The van der Waals surface area contributed by atoms with Gasteiger partial charge in [0.1, 0.15) is 5.71 Å². The number of unbranched alkanes of at least 4 members (excludes halogenated alkanes) is 2. The molecule has 0 saturated heterocycles. The molecule has 0 unspecified atom stereocenters. The molecule has 2 rings (SSSR count). The third-order valence-electron chi connectivity index (χ3n) is 4.54. The van der Waals surface area contributed by atoms with E-state index < -0.39 is 0 Å². The van der Waals surface area contributed by atoms with E-state index in [9.17, 15) is 0 Å². The van der Waals surface area contributed by atoms with Gasteiger partial charge in [-0.2, -0.15) is 0 Å². The van der Waals surface area contributed by atoms with E-state index in [0.29, 0.717) is 0 Å². The summed E-state index contributed by atoms with van der Waals surface area (Å²) in [4.78, 5) is 9.98. The Labute approximate surface area is 177 Å². The minimum absolute atomic E-state index is 0.802. The fourth-order valence-corrected chi connectivity index (χ4v) is 3.32. The zero-order valence-electron chi connectivity index (χ0n) is 18.9. The van der Waals surface area contributed by atoms with Gasteiger partial charge in [0.05, 0.1) is 17.1 Å². The van der Waals surface area contributed by atoms with Crippen LogP contribution in [0.25, 0.3) is 0 Å². The summed E-state index contributed by atoms with van der Waals surface area (Å²) in [7, 11) is 0. The van der Waals surface area contributed by atoms with E-state index in [1.165, 1.54) is 22.3 Å². The van der Waals surface area contributed by atoms with Crippen molar-refractivity contribution in [3.05, 3.63) is 58.7 Å². The first-order chi connectivity index (χ1) is 13.9. The Morgan fingerprint density at radius 3 is 1.72 bits per heavy atom. The Kier molecular flexibility index (Phi) is 8.87. The highest BCUT2D eigenvalue weighted by Crippen LogP contribution is 2.21. The van der Waals surface area contributed by atoms with Gasteiger partial charge >= 0.3 is 0 Å². The van der Waals surface area contributed by atoms with E-state index in [2.05, 4.69) is 89.8 Å². The molecule has 0 aliphatic heterocycles. The van der Waals surface area contributed by atoms with Crippen LogP contribution in [0.1, 0.15) is 68.2 Å². The van der Waals surface area contributed by atoms with Crippen LogP contribution in [0, 0.1) is 39.5 Å². The van der Waals surface area contributed by atoms with Crippen LogP contribution in [0.3, 0.4) is 0 Å². The molecular formula is C27H34N2. The lowest BCUT2D eigenvalue weighted by Gasteiger charge is -2.08. The monoisotopic (exact) mass is 386 g/mol. The van der Waals surface area contributed by atoms with Crippen LogP contribution in [-0.4, -0.2) is 11.4 Å². The molecular weight excluding hydrogens is 352 g/mol. The molecule has 0 aliphatic rings. The number of aliphatic imine (C=N–C) groups is 2. The highest BCUT2D eigenvalue weighted by Gasteiger charge is 2.09. The van der Waals surface area contributed by atoms with Gasteiger partial charge in [-0.05, 0) is 99.4 Å². The molecule has 0 amide bonds. The second-order valence-corrected chi connectivity index (χ2v) is 7.87. The molecule has 0 saturated carbocycles. The molecule has 2 heteroatoms. The van der Waals surface area contributed by atoms with Gasteiger partial charge in [-0.3, -0.25) is 4.99 Å². The van der Waals surface area contributed by atoms with Crippen LogP contribution in [0.5, 0.6) is 0 Å². The second kappa shape index (κ2) is 11.4. The van der Waals surface area contributed by atoms with Crippen molar-refractivity contribution in [1.29, 1.82) is 0 Å². The summed E-state index contributed by atoms with van der Waals surface area (Å²) in [5, 5.41) is 0. The quantitative estimate of drug-likeness (QED) is 0.343. The van der Waals surface area contributed by atoms with Gasteiger partial charge in [0, 0.05) is 6.42 Å². The van der Waals surface area contributed by atoms with Gasteiger partial charge in [-0.25, -0.2) is 4.99 Å². The minimum atomic E-state index is 0.802. The van der Waals surface area contributed by atoms with Gasteiger partial charge in [0.2, 0.25) is 0 Å². The number of hydrogen-bond donors (Lipinski definition) is 0. The first-order valence-corrected chi connectivity index (χ1v) is 10.7. The lowest BCUT2D eigenvalue weighted by molar-refractivity contribution is 0.838. The van der Waals surface area contributed by atoms with E-state index >= 15 is 0 Å². The molecule has 2 aromatic carbocycles. The molecule has 0 N–H and O–H groups in total. The standard InChI is InChI=1S/C27H34N2/c1-7-9-11-13-27(29-25-18-22(5)15-23(6)19-25)26(12-10-8-2)28-24-16-20(3)14-21(4)17-24/h14-19H,7-10,12H2,1-6H3. The number of hydrogen-bond acceptors (Lipinski definition) is 2. The summed E-state index contributed by atoms with van der Waals surface area (Å²) in [5.74, 6) is 6.62. The normalized spacial score (nSPS) is 11.9. The molecule has 0 heterocycles. The molecule has 0 fully saturated rings. The van der Waals surface area contributed by atoms with Crippen LogP contribution in [0.15, 0.2) is 46.4 Å². The van der Waals surface area contributed by atoms with Crippen LogP contribution >= 0.6 is 0 Å². The van der Waals surface area contributed by atoms with Crippen molar-refractivity contribution in [2.24, 2.45) is 9.98 Å². The number of aryl methyl sites for hydroxylation is 4. The first-order valence-electron chi connectivity index (χ1n) is 10.7. The summed E-state index contributed by atoms with van der Waals surface area (Å²) < 4.78 is 0. The van der Waals surface area contributed by atoms with Crippen molar-refractivity contribution in [2.45, 2.75) is 73.6 Å². The van der Waals surface area contributed by atoms with E-state index in [-0.39, 0.29) is 0 Å². The van der Waals surface area contributed by atoms with Crippen molar-refractivity contribution in [3.63, 3.8) is 0 Å². The van der Waals surface area contributed by atoms with E-state index in [0.717, 1.165) is 54.9 Å². The van der Waals surface area contributed by atoms with Crippen molar-refractivity contribution in [3.8, 4) is 11.8 Å². The van der Waals surface area contributed by atoms with E-state index in [1.54, 1.807) is 0 Å². The summed E-state index contributed by atoms with van der Waals surface area (Å²) in [6.07, 6.45) is 4.99. The Morgan fingerprint density at radius 2 is 1.24 bits per heavy atom. The smallest absolute Gasteiger partial charge is 0.135 e. The zero-order valence-corrected chi connectivity index (χ0v) is 18.9. The first kappa shape index (κ1) is 22.6. The average Bonchev–Trinajstić information content (AvgIpc) is 2.63. The fourth-order valence-electron chi connectivity index (χ4n) is 3.32. The second-order valence-electron chi connectivity index (χ2n) is 7.87. The van der Waals surface area contributed by atoms with Crippen molar-refractivity contribution < 1.29 is 0 Å². The average molecular weight is 387 g/mol. The maximum Gasteiger partial charge on any atom is 0.135 e. The number of rotatable bonds is 7. The van der Waals surface area contributed by atoms with Crippen LogP contribution in [0.4, 0.5) is 11.4 Å². The van der Waals surface area contributed by atoms with Crippen molar-refractivity contribution in [2.75, 3.05) is 0 Å². The third-order valence-corrected chi connectivity index (χ3v) is 4.54. The zero-order chi connectivity index (χ0) is 21.2. The Morgan fingerprint density at radius 1 is 0.724 bits per heavy atom. The molecule has 152 valence electrons. The van der Waals surface area contributed by atoms with Gasteiger partial charge in [-0.15, -0.1) is 0 Å². The summed E-state index contributed by atoms with van der Waals surface area (Å²) in [6.45, 7) is 12.8. The van der Waals surface area contributed by atoms with Crippen LogP contribution in [0.2, 0.25) is 0 Å². The highest BCUT2D eigenvalue weighted by atomic mass is 14.8. The number of benzene rings is 2. The molecule has 0 bridgehead atoms. The SMILES string of the molecule is CCCC#CC(=Nc1cc(C)cc(C)c1)C(CCCC)=Nc1cc(C)cc(C)c1. The largest absolute Gasteiger partial charge is 0.250 e. The summed E-state index contributed by atoms with van der Waals surface area (Å²) in [6, 6.07) is 12.8. The van der Waals surface area contributed by atoms with Gasteiger partial charge in [0.15, 0.2) is 0 Å². The maximum atomic E-state index is 5.02. The Balaban J connectivity index is 2.58.